The van der Waals surface area contributed by atoms with Crippen LogP contribution in [0.4, 0.5) is 4.39 Å². The number of nitrogens with one attached hydrogen (secondary N) is 1. The summed E-state index contributed by atoms with van der Waals surface area (Å²) in [6.07, 6.45) is 3.72. The summed E-state index contributed by atoms with van der Waals surface area (Å²) < 4.78 is 22.3. The fraction of sp³-hybridized carbons (Fsp3) is 0.188. The van der Waals surface area contributed by atoms with Gasteiger partial charge >= 0.3 is 0 Å². The van der Waals surface area contributed by atoms with E-state index in [1.165, 1.54) is 17.4 Å². The lowest BCUT2D eigenvalue weighted by molar-refractivity contribution is 0.0955. The molecule has 0 aliphatic heterocycles. The van der Waals surface area contributed by atoms with Gasteiger partial charge in [-0.25, -0.2) is 9.07 Å². The largest absolute Gasteiger partial charge is 0.491 e. The fourth-order valence-corrected chi connectivity index (χ4v) is 5.41. The van der Waals surface area contributed by atoms with Gasteiger partial charge in [-0.2, -0.15) is 5.10 Å². The van der Waals surface area contributed by atoms with Crippen LogP contribution in [-0.2, 0) is 6.54 Å². The lowest BCUT2D eigenvalue weighted by Gasteiger charge is -2.09. The van der Waals surface area contributed by atoms with E-state index in [2.05, 4.69) is 12.2 Å². The first kappa shape index (κ1) is 26.4. The molecular weight excluding hydrogens is 509 g/mol. The Hall–Kier alpha value is -4.23. The van der Waals surface area contributed by atoms with E-state index >= 15 is 0 Å². The fourth-order valence-electron chi connectivity index (χ4n) is 4.32. The van der Waals surface area contributed by atoms with E-state index in [9.17, 15) is 9.18 Å². The highest BCUT2D eigenvalue weighted by atomic mass is 32.1. The van der Waals surface area contributed by atoms with Crippen molar-refractivity contribution in [3.05, 3.63) is 113 Å². The number of benzene rings is 3. The number of aromatic nitrogens is 2. The van der Waals surface area contributed by atoms with Gasteiger partial charge in [0.2, 0.25) is 0 Å². The topological polar surface area (TPSA) is 56.1 Å². The zero-order valence-electron chi connectivity index (χ0n) is 22.0. The van der Waals surface area contributed by atoms with Crippen molar-refractivity contribution < 1.29 is 13.9 Å². The third-order valence-corrected chi connectivity index (χ3v) is 7.67. The molecule has 0 atom stereocenters. The molecule has 0 saturated heterocycles. The van der Waals surface area contributed by atoms with Crippen LogP contribution in [0.1, 0.15) is 40.6 Å². The van der Waals surface area contributed by atoms with Crippen LogP contribution in [0.5, 0.6) is 5.75 Å². The molecule has 0 aliphatic rings. The maximum atomic E-state index is 14.9. The highest BCUT2D eigenvalue weighted by Gasteiger charge is 2.18. The molecule has 5 nitrogen and oxygen atoms in total. The Kier molecular flexibility index (Phi) is 8.18. The summed E-state index contributed by atoms with van der Waals surface area (Å²) in [5, 5.41) is 7.81. The molecule has 5 aromatic rings. The smallest absolute Gasteiger partial charge is 0.261 e. The summed E-state index contributed by atoms with van der Waals surface area (Å²) in [5.74, 6) is -0.364. The van der Waals surface area contributed by atoms with Gasteiger partial charge in [-0.3, -0.25) is 4.79 Å². The van der Waals surface area contributed by atoms with Gasteiger partial charge in [-0.05, 0) is 60.9 Å². The number of carbonyl (C=O) groups is 1. The summed E-state index contributed by atoms with van der Waals surface area (Å²) in [6.45, 7) is 4.80. The van der Waals surface area contributed by atoms with E-state index in [0.29, 0.717) is 22.7 Å². The molecule has 0 saturated carbocycles. The van der Waals surface area contributed by atoms with Crippen LogP contribution in [0, 0.1) is 12.7 Å². The number of thiophene rings is 1. The Morgan fingerprint density at radius 3 is 2.46 bits per heavy atom. The minimum atomic E-state index is -0.435. The van der Waals surface area contributed by atoms with Gasteiger partial charge in [0.15, 0.2) is 11.6 Å². The molecule has 5 rings (SSSR count). The molecule has 2 heterocycles. The maximum Gasteiger partial charge on any atom is 0.261 e. The minimum Gasteiger partial charge on any atom is -0.491 e. The second-order valence-electron chi connectivity index (χ2n) is 9.30. The molecule has 0 aliphatic carbocycles. The summed E-state index contributed by atoms with van der Waals surface area (Å²) in [4.78, 5) is 14.9. The minimum absolute atomic E-state index is 0.158. The molecule has 3 aromatic carbocycles. The number of carbonyl (C=O) groups excluding carboxylic acids is 1. The monoisotopic (exact) mass is 539 g/mol. The molecule has 7 heteroatoms. The number of para-hydroxylation sites is 1. The first-order valence-electron chi connectivity index (χ1n) is 13.0. The van der Waals surface area contributed by atoms with Crippen molar-refractivity contribution >= 4 is 17.2 Å². The Labute approximate surface area is 231 Å². The molecule has 1 N–H and O–H groups in total. The van der Waals surface area contributed by atoms with E-state index in [1.54, 1.807) is 10.7 Å². The standard InChI is InChI=1S/C32H30FN3O2S/c1-3-4-17-38-28-16-15-24(19-27(28)33)30-25(21-36(35-30)26-13-9-6-10-14-26)20-34-32(37)29-18-22(2)31(39-29)23-11-7-5-8-12-23/h5-16,18-19,21H,3-4,17,20H2,1-2H3,(H,34,37). The normalized spacial score (nSPS) is 10.9. The van der Waals surface area contributed by atoms with Crippen molar-refractivity contribution in [2.75, 3.05) is 6.61 Å². The van der Waals surface area contributed by atoms with Crippen LogP contribution >= 0.6 is 11.3 Å². The van der Waals surface area contributed by atoms with Gasteiger partial charge in [0, 0.05) is 28.7 Å². The summed E-state index contributed by atoms with van der Waals surface area (Å²) in [7, 11) is 0. The summed E-state index contributed by atoms with van der Waals surface area (Å²) in [6, 6.07) is 26.6. The van der Waals surface area contributed by atoms with E-state index in [1.807, 2.05) is 85.9 Å². The predicted octanol–water partition coefficient (Wildman–Crippen LogP) is 7.82. The molecule has 1 amide bonds. The molecular formula is C32H30FN3O2S. The Morgan fingerprint density at radius 2 is 1.74 bits per heavy atom. The van der Waals surface area contributed by atoms with E-state index in [-0.39, 0.29) is 18.2 Å². The number of unbranched alkanes of at least 4 members (excludes halogenated alkanes) is 1. The van der Waals surface area contributed by atoms with Crippen LogP contribution < -0.4 is 10.1 Å². The summed E-state index contributed by atoms with van der Waals surface area (Å²) in [5.41, 5.74) is 5.03. The zero-order chi connectivity index (χ0) is 27.2. The number of aryl methyl sites for hydroxylation is 1. The molecule has 0 fully saturated rings. The van der Waals surface area contributed by atoms with E-state index in [0.717, 1.165) is 40.1 Å². The van der Waals surface area contributed by atoms with Gasteiger partial charge in [-0.15, -0.1) is 11.3 Å². The Bertz CT molecular complexity index is 1560. The molecule has 0 unspecified atom stereocenters. The average molecular weight is 540 g/mol. The van der Waals surface area contributed by atoms with Crippen LogP contribution in [0.2, 0.25) is 0 Å². The molecule has 198 valence electrons. The molecule has 0 bridgehead atoms. The second kappa shape index (κ2) is 12.1. The van der Waals surface area contributed by atoms with Crippen LogP contribution in [-0.4, -0.2) is 22.3 Å². The van der Waals surface area contributed by atoms with Crippen molar-refractivity contribution in [2.24, 2.45) is 0 Å². The highest BCUT2D eigenvalue weighted by Crippen LogP contribution is 2.33. The molecule has 0 radical (unpaired) electrons. The third-order valence-electron chi connectivity index (χ3n) is 6.39. The van der Waals surface area contributed by atoms with Crippen LogP contribution in [0.15, 0.2) is 91.1 Å². The molecule has 2 aromatic heterocycles. The third kappa shape index (κ3) is 6.10. The van der Waals surface area contributed by atoms with E-state index < -0.39 is 5.82 Å². The SMILES string of the molecule is CCCCOc1ccc(-c2nn(-c3ccccc3)cc2CNC(=O)c2cc(C)c(-c3ccccc3)s2)cc1F. The average Bonchev–Trinajstić information content (AvgIpc) is 3.57. The van der Waals surface area contributed by atoms with Gasteiger partial charge in [-0.1, -0.05) is 61.9 Å². The lowest BCUT2D eigenvalue weighted by Crippen LogP contribution is -2.21. The Morgan fingerprint density at radius 1 is 1.00 bits per heavy atom. The van der Waals surface area contributed by atoms with Crippen molar-refractivity contribution in [2.45, 2.75) is 33.2 Å². The van der Waals surface area contributed by atoms with Gasteiger partial charge in [0.25, 0.3) is 5.91 Å². The number of hydrogen-bond donors (Lipinski definition) is 1. The van der Waals surface area contributed by atoms with Gasteiger partial charge in [0.1, 0.15) is 0 Å². The maximum absolute atomic E-state index is 14.9. The zero-order valence-corrected chi connectivity index (χ0v) is 22.8. The van der Waals surface area contributed by atoms with Crippen LogP contribution in [0.3, 0.4) is 0 Å². The predicted molar refractivity (Wildman–Crippen MR) is 155 cm³/mol. The van der Waals surface area contributed by atoms with Crippen molar-refractivity contribution in [3.8, 4) is 33.1 Å². The first-order chi connectivity index (χ1) is 19.0. The number of rotatable bonds is 10. The quantitative estimate of drug-likeness (QED) is 0.184. The number of nitrogens with zero attached hydrogens (tertiary/aromatic N) is 2. The highest BCUT2D eigenvalue weighted by molar-refractivity contribution is 7.17. The van der Waals surface area contributed by atoms with Crippen molar-refractivity contribution in [1.82, 2.24) is 15.1 Å². The first-order valence-corrected chi connectivity index (χ1v) is 13.9. The van der Waals surface area contributed by atoms with Crippen molar-refractivity contribution in [3.63, 3.8) is 0 Å². The number of amides is 1. The molecule has 39 heavy (non-hydrogen) atoms. The van der Waals surface area contributed by atoms with Gasteiger partial charge < -0.3 is 10.1 Å². The Balaban J connectivity index is 1.40. The summed E-state index contributed by atoms with van der Waals surface area (Å²) >= 11 is 1.47. The van der Waals surface area contributed by atoms with Gasteiger partial charge in [0.05, 0.1) is 22.9 Å². The number of ether oxygens (including phenoxy) is 1. The van der Waals surface area contributed by atoms with Crippen molar-refractivity contribution in [1.29, 1.82) is 0 Å². The number of hydrogen-bond acceptors (Lipinski definition) is 4. The molecule has 0 spiro atoms. The number of halogens is 1. The van der Waals surface area contributed by atoms with E-state index in [4.69, 9.17) is 9.84 Å². The van der Waals surface area contributed by atoms with Crippen LogP contribution in [0.25, 0.3) is 27.4 Å². The second-order valence-corrected chi connectivity index (χ2v) is 10.4. The lowest BCUT2D eigenvalue weighted by atomic mass is 10.1.